The van der Waals surface area contributed by atoms with Crippen LogP contribution in [0.4, 0.5) is 0 Å². The van der Waals surface area contributed by atoms with Gasteiger partial charge in [-0.3, -0.25) is 4.79 Å². The van der Waals surface area contributed by atoms with Crippen LogP contribution in [0.2, 0.25) is 0 Å². The standard InChI is InChI=1S/C15H18N2O2/c1-3-15(14(16)18,13-9-10-17-19-13)11(2)12-7-5-4-6-8-12/h4-11H,3H2,1-2H3,(H2,16,18). The second-order valence-electron chi connectivity index (χ2n) is 4.70. The molecule has 0 saturated heterocycles. The van der Waals surface area contributed by atoms with E-state index in [0.717, 1.165) is 5.56 Å². The van der Waals surface area contributed by atoms with Crippen molar-refractivity contribution in [2.45, 2.75) is 31.6 Å². The van der Waals surface area contributed by atoms with Gasteiger partial charge in [-0.15, -0.1) is 0 Å². The zero-order chi connectivity index (χ0) is 13.9. The molecule has 1 amide bonds. The first-order valence-electron chi connectivity index (χ1n) is 6.39. The fourth-order valence-corrected chi connectivity index (χ4v) is 2.68. The Kier molecular flexibility index (Phi) is 3.69. The highest BCUT2D eigenvalue weighted by atomic mass is 16.5. The number of aromatic nitrogens is 1. The van der Waals surface area contributed by atoms with E-state index < -0.39 is 5.41 Å². The molecule has 100 valence electrons. The third kappa shape index (κ3) is 2.14. The van der Waals surface area contributed by atoms with Gasteiger partial charge in [0.1, 0.15) is 5.41 Å². The lowest BCUT2D eigenvalue weighted by atomic mass is 9.69. The van der Waals surface area contributed by atoms with Crippen molar-refractivity contribution in [3.8, 4) is 0 Å². The van der Waals surface area contributed by atoms with Gasteiger partial charge in [-0.05, 0) is 12.0 Å². The fourth-order valence-electron chi connectivity index (χ4n) is 2.68. The van der Waals surface area contributed by atoms with Crippen molar-refractivity contribution in [3.05, 3.63) is 53.9 Å². The molecule has 0 aliphatic rings. The maximum Gasteiger partial charge on any atom is 0.232 e. The summed E-state index contributed by atoms with van der Waals surface area (Å²) in [6.45, 7) is 3.93. The van der Waals surface area contributed by atoms with Crippen LogP contribution < -0.4 is 5.73 Å². The van der Waals surface area contributed by atoms with Gasteiger partial charge in [-0.1, -0.05) is 49.3 Å². The average Bonchev–Trinajstić information content (AvgIpc) is 2.95. The van der Waals surface area contributed by atoms with Gasteiger partial charge in [0, 0.05) is 12.0 Å². The molecule has 2 N–H and O–H groups in total. The minimum atomic E-state index is -0.863. The first kappa shape index (κ1) is 13.3. The average molecular weight is 258 g/mol. The van der Waals surface area contributed by atoms with Crippen molar-refractivity contribution < 1.29 is 9.32 Å². The molecular weight excluding hydrogens is 240 g/mol. The maximum absolute atomic E-state index is 12.1. The minimum absolute atomic E-state index is 0.0795. The number of carbonyl (C=O) groups excluding carboxylic acids is 1. The van der Waals surface area contributed by atoms with Crippen LogP contribution >= 0.6 is 0 Å². The van der Waals surface area contributed by atoms with Crippen molar-refractivity contribution in [3.63, 3.8) is 0 Å². The van der Waals surface area contributed by atoms with Crippen LogP contribution in [0.25, 0.3) is 0 Å². The number of amides is 1. The molecule has 2 aromatic rings. The Morgan fingerprint density at radius 2 is 2.05 bits per heavy atom. The highest BCUT2D eigenvalue weighted by Crippen LogP contribution is 2.41. The Morgan fingerprint density at radius 3 is 2.53 bits per heavy atom. The largest absolute Gasteiger partial charge is 0.369 e. The van der Waals surface area contributed by atoms with Crippen molar-refractivity contribution >= 4 is 5.91 Å². The van der Waals surface area contributed by atoms with Gasteiger partial charge in [-0.2, -0.15) is 0 Å². The van der Waals surface area contributed by atoms with Crippen LogP contribution in [0.5, 0.6) is 0 Å². The van der Waals surface area contributed by atoms with E-state index in [2.05, 4.69) is 5.16 Å². The molecule has 19 heavy (non-hydrogen) atoms. The van der Waals surface area contributed by atoms with E-state index in [1.54, 1.807) is 12.3 Å². The normalized spacial score (nSPS) is 15.7. The van der Waals surface area contributed by atoms with Gasteiger partial charge < -0.3 is 10.3 Å². The summed E-state index contributed by atoms with van der Waals surface area (Å²) in [5.74, 6) is 0.0612. The van der Waals surface area contributed by atoms with E-state index in [4.69, 9.17) is 10.3 Å². The third-order valence-corrected chi connectivity index (χ3v) is 3.91. The molecule has 0 spiro atoms. The number of hydrogen-bond acceptors (Lipinski definition) is 3. The number of carbonyl (C=O) groups is 1. The molecule has 2 atom stereocenters. The molecule has 1 heterocycles. The predicted octanol–water partition coefficient (Wildman–Crippen LogP) is 2.61. The van der Waals surface area contributed by atoms with Crippen LogP contribution in [0.1, 0.15) is 37.5 Å². The number of primary amides is 1. The summed E-state index contributed by atoms with van der Waals surface area (Å²) in [6, 6.07) is 11.6. The Hall–Kier alpha value is -2.10. The molecular formula is C15H18N2O2. The summed E-state index contributed by atoms with van der Waals surface area (Å²) in [7, 11) is 0. The quantitative estimate of drug-likeness (QED) is 0.896. The maximum atomic E-state index is 12.1. The molecule has 1 aromatic carbocycles. The third-order valence-electron chi connectivity index (χ3n) is 3.91. The second kappa shape index (κ2) is 5.26. The summed E-state index contributed by atoms with van der Waals surface area (Å²) in [4.78, 5) is 12.1. The van der Waals surface area contributed by atoms with Crippen LogP contribution in [0.15, 0.2) is 47.1 Å². The molecule has 1 aromatic heterocycles. The van der Waals surface area contributed by atoms with Crippen molar-refractivity contribution in [1.82, 2.24) is 5.16 Å². The lowest BCUT2D eigenvalue weighted by Gasteiger charge is -2.33. The Bertz CT molecular complexity index is 537. The summed E-state index contributed by atoms with van der Waals surface area (Å²) in [6.07, 6.45) is 2.11. The highest BCUT2D eigenvalue weighted by molar-refractivity contribution is 5.87. The van der Waals surface area contributed by atoms with Crippen LogP contribution in [0.3, 0.4) is 0 Å². The molecule has 0 bridgehead atoms. The smallest absolute Gasteiger partial charge is 0.232 e. The fraction of sp³-hybridized carbons (Fsp3) is 0.333. The number of nitrogens with two attached hydrogens (primary N) is 1. The van der Waals surface area contributed by atoms with E-state index >= 15 is 0 Å². The van der Waals surface area contributed by atoms with Gasteiger partial charge >= 0.3 is 0 Å². The molecule has 4 nitrogen and oxygen atoms in total. The SMILES string of the molecule is CCC(C(N)=O)(c1ccno1)C(C)c1ccccc1. The molecule has 2 rings (SSSR count). The van der Waals surface area contributed by atoms with E-state index in [9.17, 15) is 4.79 Å². The van der Waals surface area contributed by atoms with Crippen LogP contribution in [-0.4, -0.2) is 11.1 Å². The summed E-state index contributed by atoms with van der Waals surface area (Å²) < 4.78 is 5.24. The monoisotopic (exact) mass is 258 g/mol. The predicted molar refractivity (Wildman–Crippen MR) is 72.5 cm³/mol. The number of rotatable bonds is 5. The Morgan fingerprint density at radius 1 is 1.37 bits per heavy atom. The minimum Gasteiger partial charge on any atom is -0.369 e. The number of benzene rings is 1. The van der Waals surface area contributed by atoms with Gasteiger partial charge in [0.15, 0.2) is 5.76 Å². The first-order valence-corrected chi connectivity index (χ1v) is 6.39. The number of nitrogens with zero attached hydrogens (tertiary/aromatic N) is 1. The lowest BCUT2D eigenvalue weighted by molar-refractivity contribution is -0.125. The van der Waals surface area contributed by atoms with Crippen molar-refractivity contribution in [1.29, 1.82) is 0 Å². The molecule has 0 aliphatic carbocycles. The van der Waals surface area contributed by atoms with Crippen LogP contribution in [0, 0.1) is 0 Å². The molecule has 0 radical (unpaired) electrons. The van der Waals surface area contributed by atoms with Gasteiger partial charge in [0.25, 0.3) is 0 Å². The van der Waals surface area contributed by atoms with Gasteiger partial charge in [-0.25, -0.2) is 0 Å². The van der Waals surface area contributed by atoms with Gasteiger partial charge in [0.05, 0.1) is 6.20 Å². The van der Waals surface area contributed by atoms with Gasteiger partial charge in [0.2, 0.25) is 5.91 Å². The van der Waals surface area contributed by atoms with E-state index in [1.165, 1.54) is 0 Å². The molecule has 0 fully saturated rings. The van der Waals surface area contributed by atoms with Crippen LogP contribution in [-0.2, 0) is 10.2 Å². The molecule has 0 aliphatic heterocycles. The zero-order valence-electron chi connectivity index (χ0n) is 11.2. The first-order chi connectivity index (χ1) is 9.13. The Balaban J connectivity index is 2.53. The Labute approximate surface area is 112 Å². The lowest BCUT2D eigenvalue weighted by Crippen LogP contribution is -2.44. The zero-order valence-corrected chi connectivity index (χ0v) is 11.2. The van der Waals surface area contributed by atoms with E-state index in [-0.39, 0.29) is 11.8 Å². The molecule has 4 heteroatoms. The summed E-state index contributed by atoms with van der Waals surface area (Å²) in [5.41, 5.74) is 5.88. The topological polar surface area (TPSA) is 69.1 Å². The summed E-state index contributed by atoms with van der Waals surface area (Å²) in [5, 5.41) is 3.71. The highest BCUT2D eigenvalue weighted by Gasteiger charge is 2.45. The van der Waals surface area contributed by atoms with E-state index in [0.29, 0.717) is 12.2 Å². The molecule has 2 unspecified atom stereocenters. The van der Waals surface area contributed by atoms with Crippen molar-refractivity contribution in [2.24, 2.45) is 5.73 Å². The number of hydrogen-bond donors (Lipinski definition) is 1. The van der Waals surface area contributed by atoms with Crippen molar-refractivity contribution in [2.75, 3.05) is 0 Å². The van der Waals surface area contributed by atoms with E-state index in [1.807, 2.05) is 44.2 Å². The second-order valence-corrected chi connectivity index (χ2v) is 4.70. The molecule has 0 saturated carbocycles. The summed E-state index contributed by atoms with van der Waals surface area (Å²) >= 11 is 0.